The monoisotopic (exact) mass is 472 g/mol. The second kappa shape index (κ2) is 11.3. The van der Waals surface area contributed by atoms with Gasteiger partial charge in [-0.05, 0) is 37.0 Å². The first-order valence-corrected chi connectivity index (χ1v) is 10.6. The fourth-order valence-electron chi connectivity index (χ4n) is 3.93. The molecule has 4 heterocycles. The topological polar surface area (TPSA) is 110 Å². The molecule has 0 aliphatic carbocycles. The maximum Gasteiger partial charge on any atom is 0.490 e. The number of nitrogens with zero attached hydrogens (tertiary/aromatic N) is 3. The van der Waals surface area contributed by atoms with Crippen molar-refractivity contribution in [2.45, 2.75) is 44.6 Å². The molecule has 0 spiro atoms. The van der Waals surface area contributed by atoms with Crippen molar-refractivity contribution >= 4 is 11.9 Å². The standard InChI is InChI=1S/C19H26N4O3.C2HF3O2/c24-19(20-11-18-2-1-7-26-18)10-17-14-22(12-15-4-8-25-9-5-15)13-16-3-6-21-23(16)17;3-2(4,5)1(6)7/h1-3,6-7,15,17H,4-5,8-14H2,(H,20,24);(H,6,7). The lowest BCUT2D eigenvalue weighted by Gasteiger charge is -2.36. The highest BCUT2D eigenvalue weighted by atomic mass is 19.4. The number of hydrogen-bond acceptors (Lipinski definition) is 6. The maximum atomic E-state index is 12.4. The summed E-state index contributed by atoms with van der Waals surface area (Å²) in [7, 11) is 0. The van der Waals surface area contributed by atoms with Crippen LogP contribution in [-0.2, 0) is 27.4 Å². The highest BCUT2D eigenvalue weighted by molar-refractivity contribution is 5.76. The number of furan rings is 1. The molecular formula is C21H27F3N4O5. The molecule has 2 aliphatic rings. The predicted molar refractivity (Wildman–Crippen MR) is 109 cm³/mol. The van der Waals surface area contributed by atoms with E-state index in [4.69, 9.17) is 19.1 Å². The molecule has 4 rings (SSSR count). The van der Waals surface area contributed by atoms with Gasteiger partial charge in [-0.25, -0.2) is 4.79 Å². The molecule has 2 aliphatic heterocycles. The summed E-state index contributed by atoms with van der Waals surface area (Å²) in [4.78, 5) is 23.8. The van der Waals surface area contributed by atoms with Crippen LogP contribution in [0.3, 0.4) is 0 Å². The second-order valence-electron chi connectivity index (χ2n) is 8.03. The minimum atomic E-state index is -5.08. The molecule has 33 heavy (non-hydrogen) atoms. The van der Waals surface area contributed by atoms with Crippen molar-refractivity contribution in [2.75, 3.05) is 26.3 Å². The number of carboxylic acid groups (broad SMARTS) is 1. The number of carbonyl (C=O) groups excluding carboxylic acids is 1. The minimum Gasteiger partial charge on any atom is -0.475 e. The summed E-state index contributed by atoms with van der Waals surface area (Å²) in [6.45, 7) is 5.00. The number of nitrogens with one attached hydrogen (secondary N) is 1. The number of hydrogen-bond donors (Lipinski definition) is 2. The lowest BCUT2D eigenvalue weighted by atomic mass is 9.98. The lowest BCUT2D eigenvalue weighted by molar-refractivity contribution is -0.192. The van der Waals surface area contributed by atoms with Gasteiger partial charge in [0.05, 0.1) is 31.0 Å². The average Bonchev–Trinajstić information content (AvgIpc) is 3.45. The van der Waals surface area contributed by atoms with Gasteiger partial charge in [0, 0.05) is 39.0 Å². The Morgan fingerprint density at radius 3 is 2.61 bits per heavy atom. The third-order valence-corrected chi connectivity index (χ3v) is 5.51. The van der Waals surface area contributed by atoms with E-state index in [1.165, 1.54) is 5.69 Å². The summed E-state index contributed by atoms with van der Waals surface area (Å²) in [5.74, 6) is -1.28. The number of rotatable bonds is 6. The zero-order valence-electron chi connectivity index (χ0n) is 18.0. The third kappa shape index (κ3) is 7.60. The summed E-state index contributed by atoms with van der Waals surface area (Å²) < 4.78 is 44.5. The van der Waals surface area contributed by atoms with Crippen LogP contribution in [0.2, 0.25) is 0 Å². The molecule has 0 bridgehead atoms. The van der Waals surface area contributed by atoms with Gasteiger partial charge < -0.3 is 19.6 Å². The first-order chi connectivity index (χ1) is 15.7. The Labute approximate surface area is 188 Å². The molecule has 2 aromatic rings. The number of alkyl halides is 3. The molecular weight excluding hydrogens is 445 g/mol. The molecule has 1 amide bonds. The van der Waals surface area contributed by atoms with Gasteiger partial charge in [-0.3, -0.25) is 14.4 Å². The van der Waals surface area contributed by atoms with E-state index in [1.807, 2.05) is 23.0 Å². The number of ether oxygens (including phenoxy) is 1. The van der Waals surface area contributed by atoms with Gasteiger partial charge in [-0.15, -0.1) is 0 Å². The van der Waals surface area contributed by atoms with E-state index < -0.39 is 12.1 Å². The lowest BCUT2D eigenvalue weighted by Crippen LogP contribution is -2.42. The summed E-state index contributed by atoms with van der Waals surface area (Å²) in [5.41, 5.74) is 1.19. The van der Waals surface area contributed by atoms with Crippen LogP contribution >= 0.6 is 0 Å². The average molecular weight is 472 g/mol. The second-order valence-corrected chi connectivity index (χ2v) is 8.03. The Kier molecular flexibility index (Phi) is 8.50. The predicted octanol–water partition coefficient (Wildman–Crippen LogP) is 2.60. The minimum absolute atomic E-state index is 0.0285. The van der Waals surface area contributed by atoms with Crippen molar-refractivity contribution < 1.29 is 37.0 Å². The Morgan fingerprint density at radius 2 is 1.97 bits per heavy atom. The van der Waals surface area contributed by atoms with Crippen molar-refractivity contribution in [3.63, 3.8) is 0 Å². The largest absolute Gasteiger partial charge is 0.490 e. The molecule has 12 heteroatoms. The number of carboxylic acids is 1. The van der Waals surface area contributed by atoms with E-state index in [9.17, 15) is 18.0 Å². The molecule has 2 N–H and O–H groups in total. The molecule has 0 aromatic carbocycles. The molecule has 182 valence electrons. The normalized spacial score (nSPS) is 19.3. The first kappa shape index (κ1) is 24.8. The molecule has 1 fully saturated rings. The summed E-state index contributed by atoms with van der Waals surface area (Å²) in [6, 6.07) is 5.82. The van der Waals surface area contributed by atoms with E-state index in [0.29, 0.717) is 18.9 Å². The molecule has 2 aromatic heterocycles. The van der Waals surface area contributed by atoms with Crippen LogP contribution in [0.15, 0.2) is 35.1 Å². The van der Waals surface area contributed by atoms with Crippen LogP contribution in [0.25, 0.3) is 0 Å². The molecule has 1 unspecified atom stereocenters. The van der Waals surface area contributed by atoms with Gasteiger partial charge in [0.1, 0.15) is 5.76 Å². The van der Waals surface area contributed by atoms with E-state index in [0.717, 1.165) is 51.4 Å². The fourth-order valence-corrected chi connectivity index (χ4v) is 3.93. The fraction of sp³-hybridized carbons (Fsp3) is 0.571. The Bertz CT molecular complexity index is 894. The van der Waals surface area contributed by atoms with Gasteiger partial charge in [0.25, 0.3) is 0 Å². The zero-order valence-corrected chi connectivity index (χ0v) is 18.0. The number of halogens is 3. The van der Waals surface area contributed by atoms with Crippen LogP contribution in [0, 0.1) is 5.92 Å². The van der Waals surface area contributed by atoms with Crippen LogP contribution in [0.1, 0.15) is 36.8 Å². The van der Waals surface area contributed by atoms with Crippen LogP contribution in [0.4, 0.5) is 13.2 Å². The van der Waals surface area contributed by atoms with Crippen molar-refractivity contribution in [1.29, 1.82) is 0 Å². The van der Waals surface area contributed by atoms with Crippen molar-refractivity contribution in [2.24, 2.45) is 5.92 Å². The van der Waals surface area contributed by atoms with Gasteiger partial charge >= 0.3 is 12.1 Å². The van der Waals surface area contributed by atoms with Gasteiger partial charge in [0.2, 0.25) is 5.91 Å². The molecule has 0 saturated carbocycles. The number of carbonyl (C=O) groups is 2. The molecule has 1 atom stereocenters. The molecule has 1 saturated heterocycles. The summed E-state index contributed by atoms with van der Waals surface area (Å²) in [6.07, 6.45) is 1.06. The number of fused-ring (bicyclic) bond motifs is 1. The summed E-state index contributed by atoms with van der Waals surface area (Å²) in [5, 5.41) is 14.5. The Hall–Kier alpha value is -2.86. The number of aliphatic carboxylic acids is 1. The maximum absolute atomic E-state index is 12.4. The van der Waals surface area contributed by atoms with Crippen molar-refractivity contribution in [1.82, 2.24) is 20.0 Å². The van der Waals surface area contributed by atoms with Crippen molar-refractivity contribution in [3.05, 3.63) is 42.1 Å². The summed E-state index contributed by atoms with van der Waals surface area (Å²) >= 11 is 0. The number of aromatic nitrogens is 2. The van der Waals surface area contributed by atoms with Crippen LogP contribution < -0.4 is 5.32 Å². The first-order valence-electron chi connectivity index (χ1n) is 10.6. The van der Waals surface area contributed by atoms with Crippen molar-refractivity contribution in [3.8, 4) is 0 Å². The van der Waals surface area contributed by atoms with Gasteiger partial charge in [0.15, 0.2) is 0 Å². The molecule has 9 nitrogen and oxygen atoms in total. The van der Waals surface area contributed by atoms with E-state index in [-0.39, 0.29) is 11.9 Å². The third-order valence-electron chi connectivity index (χ3n) is 5.51. The van der Waals surface area contributed by atoms with Crippen LogP contribution in [-0.4, -0.2) is 64.1 Å². The van der Waals surface area contributed by atoms with E-state index >= 15 is 0 Å². The quantitative estimate of drug-likeness (QED) is 0.665. The zero-order chi connectivity index (χ0) is 23.8. The SMILES string of the molecule is O=C(CC1CN(CC2CCOCC2)Cc2ccnn21)NCc1ccco1.O=C(O)C(F)(F)F. The number of amides is 1. The molecule has 0 radical (unpaired) electrons. The Morgan fingerprint density at radius 1 is 1.24 bits per heavy atom. The highest BCUT2D eigenvalue weighted by Crippen LogP contribution is 2.25. The van der Waals surface area contributed by atoms with Gasteiger partial charge in [-0.2, -0.15) is 18.3 Å². The highest BCUT2D eigenvalue weighted by Gasteiger charge is 2.38. The van der Waals surface area contributed by atoms with E-state index in [1.54, 1.807) is 6.26 Å². The van der Waals surface area contributed by atoms with Crippen LogP contribution in [0.5, 0.6) is 0 Å². The van der Waals surface area contributed by atoms with E-state index in [2.05, 4.69) is 21.4 Å². The smallest absolute Gasteiger partial charge is 0.475 e. The van der Waals surface area contributed by atoms with Gasteiger partial charge in [-0.1, -0.05) is 0 Å². The Balaban J connectivity index is 0.000000383.